The van der Waals surface area contributed by atoms with Crippen LogP contribution in [0.4, 0.5) is 10.7 Å². The Balaban J connectivity index is 1.51. The standard InChI is InChI=1S/C25H36N8O2/c1-16-13-28-20(17(2)22(16)35-5)15-33-14-19(21-18(3)29-24(26)30-23(21)33)7-6-8-31-9-11-32(12-10-31)25(34)27-4/h13-14H,6-12,15H2,1-5H3,(H,27,34)(H2,26,29,30). The van der Waals surface area contributed by atoms with Gasteiger partial charge in [0, 0.05) is 62.1 Å². The molecular formula is C25H36N8O2. The minimum absolute atomic E-state index is 0.00290. The number of nitrogens with zero attached hydrogens (tertiary/aromatic N) is 6. The first-order chi connectivity index (χ1) is 16.8. The molecule has 4 heterocycles. The predicted molar refractivity (Wildman–Crippen MR) is 137 cm³/mol. The topological polar surface area (TPSA) is 114 Å². The minimum Gasteiger partial charge on any atom is -0.496 e. The van der Waals surface area contributed by atoms with Crippen molar-refractivity contribution in [3.8, 4) is 5.75 Å². The number of methoxy groups -OCH3 is 1. The van der Waals surface area contributed by atoms with E-state index in [9.17, 15) is 4.79 Å². The smallest absolute Gasteiger partial charge is 0.317 e. The van der Waals surface area contributed by atoms with E-state index in [2.05, 4.69) is 35.9 Å². The molecule has 0 spiro atoms. The molecule has 1 aliphatic heterocycles. The molecule has 1 saturated heterocycles. The zero-order chi connectivity index (χ0) is 25.1. The van der Waals surface area contributed by atoms with E-state index in [1.54, 1.807) is 14.2 Å². The van der Waals surface area contributed by atoms with Crippen LogP contribution in [0.5, 0.6) is 5.75 Å². The second-order valence-corrected chi connectivity index (χ2v) is 9.18. The number of pyridine rings is 1. The highest BCUT2D eigenvalue weighted by Gasteiger charge is 2.21. The van der Waals surface area contributed by atoms with Gasteiger partial charge >= 0.3 is 6.03 Å². The largest absolute Gasteiger partial charge is 0.496 e. The van der Waals surface area contributed by atoms with Crippen LogP contribution in [0, 0.1) is 20.8 Å². The number of hydrogen-bond donors (Lipinski definition) is 2. The molecule has 3 N–H and O–H groups in total. The van der Waals surface area contributed by atoms with Crippen molar-refractivity contribution in [3.63, 3.8) is 0 Å². The van der Waals surface area contributed by atoms with Crippen molar-refractivity contribution in [2.75, 3.05) is 52.6 Å². The lowest BCUT2D eigenvalue weighted by Gasteiger charge is -2.34. The lowest BCUT2D eigenvalue weighted by molar-refractivity contribution is 0.140. The highest BCUT2D eigenvalue weighted by atomic mass is 16.5. The molecule has 0 radical (unpaired) electrons. The van der Waals surface area contributed by atoms with Gasteiger partial charge in [0.15, 0.2) is 0 Å². The van der Waals surface area contributed by atoms with Crippen molar-refractivity contribution in [1.82, 2.24) is 34.6 Å². The van der Waals surface area contributed by atoms with Gasteiger partial charge in [0.25, 0.3) is 0 Å². The molecule has 0 atom stereocenters. The molecule has 10 heteroatoms. The molecule has 35 heavy (non-hydrogen) atoms. The Labute approximate surface area is 206 Å². The summed E-state index contributed by atoms with van der Waals surface area (Å²) in [7, 11) is 3.37. The van der Waals surface area contributed by atoms with E-state index in [4.69, 9.17) is 10.5 Å². The second-order valence-electron chi connectivity index (χ2n) is 9.18. The SMILES string of the molecule is CNC(=O)N1CCN(CCCc2cn(Cc3ncc(C)c(OC)c3C)c3nc(N)nc(C)c23)CC1. The van der Waals surface area contributed by atoms with Crippen molar-refractivity contribution in [1.29, 1.82) is 0 Å². The number of carbonyl (C=O) groups excluding carboxylic acids is 1. The molecule has 188 valence electrons. The third-order valence-corrected chi connectivity index (χ3v) is 6.86. The van der Waals surface area contributed by atoms with E-state index in [0.717, 1.165) is 84.9 Å². The third kappa shape index (κ3) is 5.17. The third-order valence-electron chi connectivity index (χ3n) is 6.86. The first kappa shape index (κ1) is 24.7. The number of piperazine rings is 1. The minimum atomic E-state index is 0.00290. The quantitative estimate of drug-likeness (QED) is 0.533. The zero-order valence-electron chi connectivity index (χ0n) is 21.4. The normalized spacial score (nSPS) is 14.5. The number of nitrogens with two attached hydrogens (primary N) is 1. The van der Waals surface area contributed by atoms with Crippen LogP contribution >= 0.6 is 0 Å². The van der Waals surface area contributed by atoms with Crippen LogP contribution in [0.2, 0.25) is 0 Å². The monoisotopic (exact) mass is 480 g/mol. The van der Waals surface area contributed by atoms with Gasteiger partial charge in [-0.1, -0.05) is 0 Å². The lowest BCUT2D eigenvalue weighted by atomic mass is 10.1. The number of fused-ring (bicyclic) bond motifs is 1. The van der Waals surface area contributed by atoms with Gasteiger partial charge in [-0.25, -0.2) is 9.78 Å². The summed E-state index contributed by atoms with van der Waals surface area (Å²) in [5, 5.41) is 3.78. The Bertz CT molecular complexity index is 1210. The average Bonchev–Trinajstić information content (AvgIpc) is 3.18. The number of amides is 2. The summed E-state index contributed by atoms with van der Waals surface area (Å²) in [6, 6.07) is 0.00290. The predicted octanol–water partition coefficient (Wildman–Crippen LogP) is 2.28. The number of rotatable bonds is 7. The summed E-state index contributed by atoms with van der Waals surface area (Å²) >= 11 is 0. The van der Waals surface area contributed by atoms with Crippen LogP contribution in [-0.2, 0) is 13.0 Å². The summed E-state index contributed by atoms with van der Waals surface area (Å²) in [6.45, 7) is 10.9. The van der Waals surface area contributed by atoms with E-state index in [1.807, 2.05) is 31.9 Å². The fraction of sp³-hybridized carbons (Fsp3) is 0.520. The number of nitrogen functional groups attached to an aromatic ring is 1. The fourth-order valence-electron chi connectivity index (χ4n) is 5.00. The van der Waals surface area contributed by atoms with Crippen LogP contribution in [-0.4, -0.2) is 82.2 Å². The molecule has 3 aromatic heterocycles. The van der Waals surface area contributed by atoms with Gasteiger partial charge in [0.1, 0.15) is 11.4 Å². The molecule has 0 aliphatic carbocycles. The molecule has 4 rings (SSSR count). The second kappa shape index (κ2) is 10.5. The summed E-state index contributed by atoms with van der Waals surface area (Å²) in [4.78, 5) is 29.8. The first-order valence-corrected chi connectivity index (χ1v) is 12.1. The molecular weight excluding hydrogens is 444 g/mol. The fourth-order valence-corrected chi connectivity index (χ4v) is 5.00. The number of nitrogens with one attached hydrogen (secondary N) is 1. The lowest BCUT2D eigenvalue weighted by Crippen LogP contribution is -2.51. The average molecular weight is 481 g/mol. The molecule has 1 fully saturated rings. The van der Waals surface area contributed by atoms with Crippen molar-refractivity contribution in [2.45, 2.75) is 40.2 Å². The van der Waals surface area contributed by atoms with Crippen molar-refractivity contribution >= 4 is 23.0 Å². The number of aryl methyl sites for hydroxylation is 3. The Kier molecular flexibility index (Phi) is 7.39. The van der Waals surface area contributed by atoms with Gasteiger partial charge in [-0.05, 0) is 45.7 Å². The molecule has 0 unspecified atom stereocenters. The summed E-state index contributed by atoms with van der Waals surface area (Å²) in [5.74, 6) is 1.15. The maximum absolute atomic E-state index is 11.8. The Morgan fingerprint density at radius 3 is 2.60 bits per heavy atom. The molecule has 0 bridgehead atoms. The van der Waals surface area contributed by atoms with Crippen LogP contribution < -0.4 is 15.8 Å². The van der Waals surface area contributed by atoms with Crippen LogP contribution in [0.1, 0.15) is 34.5 Å². The van der Waals surface area contributed by atoms with Crippen molar-refractivity contribution in [3.05, 3.63) is 40.5 Å². The number of urea groups is 1. The van der Waals surface area contributed by atoms with Crippen LogP contribution in [0.25, 0.3) is 11.0 Å². The highest BCUT2D eigenvalue weighted by molar-refractivity contribution is 5.84. The van der Waals surface area contributed by atoms with E-state index >= 15 is 0 Å². The van der Waals surface area contributed by atoms with Gasteiger partial charge < -0.3 is 25.3 Å². The number of ether oxygens (including phenoxy) is 1. The number of hydrogen-bond acceptors (Lipinski definition) is 7. The van der Waals surface area contributed by atoms with Gasteiger partial charge in [0.2, 0.25) is 5.95 Å². The summed E-state index contributed by atoms with van der Waals surface area (Å²) in [6.07, 6.45) is 5.95. The maximum Gasteiger partial charge on any atom is 0.317 e. The van der Waals surface area contributed by atoms with Gasteiger partial charge in [0.05, 0.1) is 25.0 Å². The molecule has 3 aromatic rings. The molecule has 2 amide bonds. The number of aromatic nitrogens is 4. The van der Waals surface area contributed by atoms with Crippen LogP contribution in [0.3, 0.4) is 0 Å². The van der Waals surface area contributed by atoms with E-state index in [1.165, 1.54) is 5.56 Å². The number of anilines is 1. The summed E-state index contributed by atoms with van der Waals surface area (Å²) < 4.78 is 7.72. The number of carbonyl (C=O) groups is 1. The van der Waals surface area contributed by atoms with E-state index in [0.29, 0.717) is 6.54 Å². The maximum atomic E-state index is 11.8. The Morgan fingerprint density at radius 1 is 1.17 bits per heavy atom. The summed E-state index contributed by atoms with van der Waals surface area (Å²) in [5.41, 5.74) is 12.0. The molecule has 0 saturated carbocycles. The molecule has 10 nitrogen and oxygen atoms in total. The van der Waals surface area contributed by atoms with E-state index < -0.39 is 0 Å². The first-order valence-electron chi connectivity index (χ1n) is 12.1. The Hall–Kier alpha value is -3.40. The van der Waals surface area contributed by atoms with Crippen molar-refractivity contribution in [2.24, 2.45) is 0 Å². The van der Waals surface area contributed by atoms with E-state index in [-0.39, 0.29) is 12.0 Å². The van der Waals surface area contributed by atoms with Crippen molar-refractivity contribution < 1.29 is 9.53 Å². The van der Waals surface area contributed by atoms with Crippen LogP contribution in [0.15, 0.2) is 12.4 Å². The zero-order valence-corrected chi connectivity index (χ0v) is 21.4. The van der Waals surface area contributed by atoms with Gasteiger partial charge in [-0.3, -0.25) is 9.88 Å². The molecule has 0 aromatic carbocycles. The van der Waals surface area contributed by atoms with Gasteiger partial charge in [-0.2, -0.15) is 4.98 Å². The molecule has 1 aliphatic rings. The van der Waals surface area contributed by atoms with Gasteiger partial charge in [-0.15, -0.1) is 0 Å². The highest BCUT2D eigenvalue weighted by Crippen LogP contribution is 2.28. The Morgan fingerprint density at radius 2 is 1.91 bits per heavy atom.